The Morgan fingerprint density at radius 3 is 2.59 bits per heavy atom. The van der Waals surface area contributed by atoms with E-state index in [9.17, 15) is 19.8 Å². The molecule has 0 radical (unpaired) electrons. The van der Waals surface area contributed by atoms with Gasteiger partial charge in [-0.15, -0.1) is 0 Å². The number of allylic oxidation sites excluding steroid dienone is 2. The zero-order valence-electron chi connectivity index (χ0n) is 18.9. The fraction of sp³-hybridized carbons (Fsp3) is 0.739. The van der Waals surface area contributed by atoms with E-state index in [-0.39, 0.29) is 31.8 Å². The molecule has 1 saturated carbocycles. The Bertz CT molecular complexity index is 634. The molecule has 9 heteroatoms. The minimum absolute atomic E-state index is 0.116. The molecule has 2 rings (SSSR count). The summed E-state index contributed by atoms with van der Waals surface area (Å²) in [7, 11) is 1.29. The molecule has 3 unspecified atom stereocenters. The Balaban J connectivity index is 1.57. The number of aliphatic hydroxyl groups excluding tert-OH is 2. The van der Waals surface area contributed by atoms with Gasteiger partial charge in [0.15, 0.2) is 0 Å². The van der Waals surface area contributed by atoms with Crippen molar-refractivity contribution in [2.45, 2.75) is 69.3 Å². The summed E-state index contributed by atoms with van der Waals surface area (Å²) < 4.78 is 15.8. The van der Waals surface area contributed by atoms with E-state index in [1.54, 1.807) is 6.08 Å². The molecule has 0 aromatic rings. The molecule has 0 aromatic carbocycles. The number of rotatable bonds is 15. The number of aliphatic hydroxyl groups is 2. The van der Waals surface area contributed by atoms with Crippen molar-refractivity contribution in [2.75, 3.05) is 38.4 Å². The van der Waals surface area contributed by atoms with Crippen LogP contribution in [0, 0.1) is 0 Å². The molecule has 1 fully saturated rings. The highest BCUT2D eigenvalue weighted by Crippen LogP contribution is 2.21. The molecule has 32 heavy (non-hydrogen) atoms. The van der Waals surface area contributed by atoms with Crippen molar-refractivity contribution >= 4 is 23.6 Å². The van der Waals surface area contributed by atoms with Gasteiger partial charge in [-0.2, -0.15) is 11.8 Å². The maximum atomic E-state index is 12.3. The molecule has 8 nitrogen and oxygen atoms in total. The van der Waals surface area contributed by atoms with Crippen LogP contribution >= 0.6 is 11.8 Å². The molecule has 3 N–H and O–H groups in total. The number of thioether (sulfide) groups is 1. The lowest BCUT2D eigenvalue weighted by Crippen LogP contribution is -2.42. The summed E-state index contributed by atoms with van der Waals surface area (Å²) in [5.41, 5.74) is 0.557. The molecular weight excluding hydrogens is 434 g/mol. The van der Waals surface area contributed by atoms with Crippen molar-refractivity contribution in [3.63, 3.8) is 0 Å². The number of carbonyl (C=O) groups is 2. The van der Waals surface area contributed by atoms with Gasteiger partial charge in [0.2, 0.25) is 0 Å². The lowest BCUT2D eigenvalue weighted by Gasteiger charge is -2.18. The summed E-state index contributed by atoms with van der Waals surface area (Å²) in [5.74, 6) is 0.205. The highest BCUT2D eigenvalue weighted by Gasteiger charge is 2.23. The van der Waals surface area contributed by atoms with Gasteiger partial charge in [0.1, 0.15) is 12.1 Å². The molecule has 0 aliphatic heterocycles. The fourth-order valence-electron chi connectivity index (χ4n) is 3.57. The van der Waals surface area contributed by atoms with Gasteiger partial charge < -0.3 is 29.7 Å². The highest BCUT2D eigenvalue weighted by molar-refractivity contribution is 7.99. The van der Waals surface area contributed by atoms with Crippen LogP contribution in [0.25, 0.3) is 0 Å². The first-order valence-electron chi connectivity index (χ1n) is 11.4. The molecule has 0 saturated heterocycles. The fourth-order valence-corrected chi connectivity index (χ4v) is 4.51. The largest absolute Gasteiger partial charge is 0.467 e. The molecule has 2 aliphatic carbocycles. The quantitative estimate of drug-likeness (QED) is 0.244. The molecule has 0 heterocycles. The van der Waals surface area contributed by atoms with Crippen LogP contribution in [-0.4, -0.2) is 84.9 Å². The lowest BCUT2D eigenvalue weighted by molar-refractivity contribution is -0.144. The number of esters is 1. The van der Waals surface area contributed by atoms with Crippen molar-refractivity contribution < 1.29 is 34.0 Å². The Morgan fingerprint density at radius 1 is 1.16 bits per heavy atom. The van der Waals surface area contributed by atoms with Crippen LogP contribution in [0.1, 0.15) is 44.9 Å². The summed E-state index contributed by atoms with van der Waals surface area (Å²) in [6.45, 7) is 0.489. The van der Waals surface area contributed by atoms with Crippen LogP contribution < -0.4 is 5.32 Å². The van der Waals surface area contributed by atoms with Crippen LogP contribution in [0.5, 0.6) is 0 Å². The van der Waals surface area contributed by atoms with Crippen molar-refractivity contribution in [1.29, 1.82) is 0 Å². The third-order valence-electron chi connectivity index (χ3n) is 5.36. The highest BCUT2D eigenvalue weighted by atomic mass is 32.2. The van der Waals surface area contributed by atoms with Gasteiger partial charge in [0.25, 0.3) is 5.91 Å². The second kappa shape index (κ2) is 15.4. The van der Waals surface area contributed by atoms with Crippen molar-refractivity contribution in [1.82, 2.24) is 5.32 Å². The lowest BCUT2D eigenvalue weighted by atomic mass is 10.1. The van der Waals surface area contributed by atoms with Crippen molar-refractivity contribution in [3.8, 4) is 0 Å². The summed E-state index contributed by atoms with van der Waals surface area (Å²) in [6.07, 6.45) is 11.0. The minimum Gasteiger partial charge on any atom is -0.467 e. The van der Waals surface area contributed by atoms with Crippen LogP contribution in [0.4, 0.5) is 0 Å². The van der Waals surface area contributed by atoms with Crippen molar-refractivity contribution in [3.05, 3.63) is 23.8 Å². The van der Waals surface area contributed by atoms with E-state index in [4.69, 9.17) is 14.2 Å². The molecule has 0 aromatic heterocycles. The van der Waals surface area contributed by atoms with E-state index in [1.165, 1.54) is 31.7 Å². The molecular formula is C23H37NO7S. The third kappa shape index (κ3) is 10.5. The zero-order valence-corrected chi connectivity index (χ0v) is 19.7. The third-order valence-corrected chi connectivity index (χ3v) is 6.50. The van der Waals surface area contributed by atoms with E-state index in [0.717, 1.165) is 25.7 Å². The van der Waals surface area contributed by atoms with Gasteiger partial charge in [-0.25, -0.2) is 4.79 Å². The Hall–Kier alpha value is -1.39. The molecule has 3 atom stereocenters. The van der Waals surface area contributed by atoms with Gasteiger partial charge in [-0.3, -0.25) is 4.79 Å². The number of methoxy groups -OCH3 is 1. The van der Waals surface area contributed by atoms with Gasteiger partial charge in [0.05, 0.1) is 39.1 Å². The first-order chi connectivity index (χ1) is 15.5. The van der Waals surface area contributed by atoms with E-state index >= 15 is 0 Å². The Kier molecular flexibility index (Phi) is 13.0. The first-order valence-corrected chi connectivity index (χ1v) is 12.5. The smallest absolute Gasteiger partial charge is 0.328 e. The van der Waals surface area contributed by atoms with Crippen LogP contribution in [-0.2, 0) is 23.8 Å². The molecule has 2 aliphatic rings. The van der Waals surface area contributed by atoms with E-state index < -0.39 is 24.2 Å². The average molecular weight is 472 g/mol. The van der Waals surface area contributed by atoms with Gasteiger partial charge >= 0.3 is 5.97 Å². The first kappa shape index (κ1) is 26.9. The average Bonchev–Trinajstić information content (AvgIpc) is 3.33. The summed E-state index contributed by atoms with van der Waals surface area (Å²) in [6, 6.07) is -0.736. The van der Waals surface area contributed by atoms with Gasteiger partial charge in [0, 0.05) is 11.3 Å². The second-order valence-corrected chi connectivity index (χ2v) is 9.29. The molecule has 0 bridgehead atoms. The number of hydrogen-bond donors (Lipinski definition) is 3. The number of nitrogens with one attached hydrogen (secondary N) is 1. The predicted molar refractivity (Wildman–Crippen MR) is 123 cm³/mol. The summed E-state index contributed by atoms with van der Waals surface area (Å²) in [4.78, 5) is 24.3. The van der Waals surface area contributed by atoms with Gasteiger partial charge in [-0.1, -0.05) is 31.1 Å². The Labute approximate surface area is 194 Å². The van der Waals surface area contributed by atoms with Crippen LogP contribution in [0.15, 0.2) is 23.8 Å². The normalized spacial score (nSPS) is 19.3. The van der Waals surface area contributed by atoms with E-state index in [2.05, 4.69) is 5.32 Å². The second-order valence-electron chi connectivity index (χ2n) is 8.14. The van der Waals surface area contributed by atoms with Crippen molar-refractivity contribution in [2.24, 2.45) is 0 Å². The van der Waals surface area contributed by atoms with Gasteiger partial charge in [-0.05, 0) is 37.9 Å². The minimum atomic E-state index is -0.736. The van der Waals surface area contributed by atoms with Crippen LogP contribution in [0.3, 0.4) is 0 Å². The van der Waals surface area contributed by atoms with Crippen LogP contribution in [0.2, 0.25) is 0 Å². The summed E-state index contributed by atoms with van der Waals surface area (Å²) >= 11 is 1.46. The standard InChI is InChI=1S/C23H37NO7S/c1-29-23(28)21(24-22(27)17-7-3-2-4-8-17)11-12-32-16-19(26)14-30-13-18(25)15-31-20-9-5-6-10-20/h3,7-8,18-21,25-26H,2,4-6,9-16H2,1H3,(H,24,27). The number of amides is 1. The Morgan fingerprint density at radius 2 is 1.91 bits per heavy atom. The molecule has 182 valence electrons. The monoisotopic (exact) mass is 471 g/mol. The SMILES string of the molecule is COC(=O)C(CCSCC(O)COCC(O)COC1CCCC1)NC(=O)C1=CCCC=C1. The number of ether oxygens (including phenoxy) is 3. The topological polar surface area (TPSA) is 114 Å². The molecule has 0 spiro atoms. The number of hydrogen-bond acceptors (Lipinski definition) is 8. The summed E-state index contributed by atoms with van der Waals surface area (Å²) in [5, 5.41) is 22.7. The zero-order chi connectivity index (χ0) is 23.2. The maximum Gasteiger partial charge on any atom is 0.328 e. The number of carbonyl (C=O) groups excluding carboxylic acids is 2. The molecule has 1 amide bonds. The van der Waals surface area contributed by atoms with E-state index in [0.29, 0.717) is 23.5 Å². The van der Waals surface area contributed by atoms with E-state index in [1.807, 2.05) is 12.2 Å². The maximum absolute atomic E-state index is 12.3. The predicted octanol–water partition coefficient (Wildman–Crippen LogP) is 1.74.